The van der Waals surface area contributed by atoms with Crippen LogP contribution in [0.15, 0.2) is 36.4 Å². The van der Waals surface area contributed by atoms with Gasteiger partial charge in [-0.2, -0.15) is 5.26 Å². The van der Waals surface area contributed by atoms with Crippen molar-refractivity contribution in [3.8, 4) is 6.07 Å². The van der Waals surface area contributed by atoms with Crippen LogP contribution in [0.5, 0.6) is 0 Å². The van der Waals surface area contributed by atoms with Gasteiger partial charge in [0.1, 0.15) is 0 Å². The second-order valence-electron chi connectivity index (χ2n) is 6.93. The molecule has 2 rings (SSSR count). The number of allylic oxidation sites excluding steroid dienone is 1. The van der Waals surface area contributed by atoms with E-state index >= 15 is 0 Å². The van der Waals surface area contributed by atoms with E-state index in [-0.39, 0.29) is 0 Å². The van der Waals surface area contributed by atoms with E-state index in [1.165, 1.54) is 56.9 Å². The summed E-state index contributed by atoms with van der Waals surface area (Å²) in [5.74, 6) is 1.50. The molecule has 0 unspecified atom stereocenters. The molecule has 130 valence electrons. The monoisotopic (exact) mass is 325 g/mol. The number of unbranched alkanes of at least 4 members (excludes halogenated alkanes) is 2. The highest BCUT2D eigenvalue weighted by molar-refractivity contribution is 5.33. The summed E-state index contributed by atoms with van der Waals surface area (Å²) in [5.41, 5.74) is 2.16. The van der Waals surface area contributed by atoms with Crippen LogP contribution in [-0.4, -0.2) is 13.2 Å². The summed E-state index contributed by atoms with van der Waals surface area (Å²) < 4.78 is 5.74. The minimum Gasteiger partial charge on any atom is -0.377 e. The van der Waals surface area contributed by atoms with Crippen LogP contribution in [0, 0.1) is 17.2 Å². The fraction of sp³-hybridized carbons (Fsp3) is 0.591. The number of nitriles is 1. The average molecular weight is 325 g/mol. The van der Waals surface area contributed by atoms with Gasteiger partial charge in [0.25, 0.3) is 0 Å². The predicted octanol–water partition coefficient (Wildman–Crippen LogP) is 5.99. The lowest BCUT2D eigenvalue weighted by Gasteiger charge is -2.28. The molecule has 2 nitrogen and oxygen atoms in total. The zero-order valence-electron chi connectivity index (χ0n) is 15.0. The third kappa shape index (κ3) is 6.49. The van der Waals surface area contributed by atoms with Crippen LogP contribution in [0.25, 0.3) is 0 Å². The largest absolute Gasteiger partial charge is 0.377 e. The van der Waals surface area contributed by atoms with Crippen molar-refractivity contribution in [3.63, 3.8) is 0 Å². The van der Waals surface area contributed by atoms with Gasteiger partial charge in [0, 0.05) is 6.61 Å². The minimum atomic E-state index is 0.677. The molecule has 1 aromatic carbocycles. The van der Waals surface area contributed by atoms with Crippen LogP contribution in [-0.2, 0) is 4.74 Å². The summed E-state index contributed by atoms with van der Waals surface area (Å²) in [6.45, 7) is 3.88. The van der Waals surface area contributed by atoms with Crippen LogP contribution in [0.2, 0.25) is 0 Å². The van der Waals surface area contributed by atoms with Crippen molar-refractivity contribution in [1.82, 2.24) is 0 Å². The first-order chi connectivity index (χ1) is 11.8. The van der Waals surface area contributed by atoms with E-state index in [0.717, 1.165) is 24.7 Å². The predicted molar refractivity (Wildman–Crippen MR) is 100.0 cm³/mol. The second-order valence-corrected chi connectivity index (χ2v) is 6.93. The van der Waals surface area contributed by atoms with E-state index in [4.69, 9.17) is 10.00 Å². The highest BCUT2D eigenvalue weighted by atomic mass is 16.5. The Hall–Kier alpha value is -1.59. The third-order valence-corrected chi connectivity index (χ3v) is 5.13. The van der Waals surface area contributed by atoms with Crippen LogP contribution in [0.1, 0.15) is 75.3 Å². The lowest BCUT2D eigenvalue weighted by molar-refractivity contribution is 0.135. The first-order valence-electron chi connectivity index (χ1n) is 9.56. The summed E-state index contributed by atoms with van der Waals surface area (Å²) in [5, 5.41) is 8.88. The standard InChI is InChI=1S/C22H31NO/c1-2-3-4-5-6-16-24-17-15-19-7-11-21(12-8-19)22-13-9-20(18-23)10-14-22/h5-6,9-10,13-14,19,21H,2-4,7-8,11-12,15-17H2,1H3/b6-5+. The van der Waals surface area contributed by atoms with E-state index < -0.39 is 0 Å². The number of benzene rings is 1. The minimum absolute atomic E-state index is 0.677. The average Bonchev–Trinajstić information content (AvgIpc) is 2.64. The van der Waals surface area contributed by atoms with Crippen molar-refractivity contribution in [3.05, 3.63) is 47.5 Å². The van der Waals surface area contributed by atoms with E-state index in [1.807, 2.05) is 12.1 Å². The molecule has 24 heavy (non-hydrogen) atoms. The highest BCUT2D eigenvalue weighted by Crippen LogP contribution is 2.37. The Balaban J connectivity index is 1.59. The van der Waals surface area contributed by atoms with Gasteiger partial charge in [-0.15, -0.1) is 0 Å². The van der Waals surface area contributed by atoms with Crippen molar-refractivity contribution >= 4 is 0 Å². The summed E-state index contributed by atoms with van der Waals surface area (Å²) in [7, 11) is 0. The van der Waals surface area contributed by atoms with E-state index in [1.54, 1.807) is 0 Å². The molecule has 0 saturated heterocycles. The van der Waals surface area contributed by atoms with Crippen molar-refractivity contribution in [2.45, 2.75) is 64.2 Å². The summed E-state index contributed by atoms with van der Waals surface area (Å²) >= 11 is 0. The van der Waals surface area contributed by atoms with E-state index in [0.29, 0.717) is 5.92 Å². The molecule has 0 amide bonds. The third-order valence-electron chi connectivity index (χ3n) is 5.13. The van der Waals surface area contributed by atoms with Crippen LogP contribution >= 0.6 is 0 Å². The fourth-order valence-corrected chi connectivity index (χ4v) is 3.52. The van der Waals surface area contributed by atoms with Crippen molar-refractivity contribution in [1.29, 1.82) is 5.26 Å². The summed E-state index contributed by atoms with van der Waals surface area (Å²) in [4.78, 5) is 0. The maximum Gasteiger partial charge on any atom is 0.0991 e. The Morgan fingerprint density at radius 1 is 1.12 bits per heavy atom. The molecular formula is C22H31NO. The molecule has 1 aliphatic rings. The topological polar surface area (TPSA) is 33.0 Å². The molecule has 0 aromatic heterocycles. The molecule has 0 bridgehead atoms. The summed E-state index contributed by atoms with van der Waals surface area (Å²) in [6.07, 6.45) is 14.5. The molecule has 0 N–H and O–H groups in total. The Kier molecular flexibility index (Phi) is 8.63. The van der Waals surface area contributed by atoms with Gasteiger partial charge in [-0.1, -0.05) is 44.1 Å². The molecule has 0 aliphatic heterocycles. The van der Waals surface area contributed by atoms with Gasteiger partial charge in [-0.05, 0) is 68.1 Å². The second kappa shape index (κ2) is 11.0. The first kappa shape index (κ1) is 18.7. The van der Waals surface area contributed by atoms with Crippen LogP contribution < -0.4 is 0 Å². The van der Waals surface area contributed by atoms with Gasteiger partial charge in [-0.3, -0.25) is 0 Å². The molecule has 1 aliphatic carbocycles. The lowest BCUT2D eigenvalue weighted by Crippen LogP contribution is -2.15. The SMILES string of the molecule is CCCC/C=C/COCCC1CCC(c2ccc(C#N)cc2)CC1. The smallest absolute Gasteiger partial charge is 0.0991 e. The molecule has 1 aromatic rings. The molecule has 0 heterocycles. The Bertz CT molecular complexity index is 518. The van der Waals surface area contributed by atoms with Gasteiger partial charge < -0.3 is 4.74 Å². The zero-order valence-corrected chi connectivity index (χ0v) is 15.0. The number of hydrogen-bond donors (Lipinski definition) is 0. The quantitative estimate of drug-likeness (QED) is 0.413. The van der Waals surface area contributed by atoms with Crippen LogP contribution in [0.3, 0.4) is 0 Å². The number of hydrogen-bond acceptors (Lipinski definition) is 2. The summed E-state index contributed by atoms with van der Waals surface area (Å²) in [6, 6.07) is 10.4. The van der Waals surface area contributed by atoms with Crippen molar-refractivity contribution in [2.24, 2.45) is 5.92 Å². The van der Waals surface area contributed by atoms with Gasteiger partial charge in [-0.25, -0.2) is 0 Å². The van der Waals surface area contributed by atoms with Gasteiger partial charge >= 0.3 is 0 Å². The Labute approximate surface area is 147 Å². The van der Waals surface area contributed by atoms with Gasteiger partial charge in [0.15, 0.2) is 0 Å². The number of rotatable bonds is 9. The normalized spacial score (nSPS) is 21.0. The van der Waals surface area contributed by atoms with Crippen molar-refractivity contribution in [2.75, 3.05) is 13.2 Å². The highest BCUT2D eigenvalue weighted by Gasteiger charge is 2.22. The van der Waals surface area contributed by atoms with Gasteiger partial charge in [0.2, 0.25) is 0 Å². The molecule has 1 saturated carbocycles. The van der Waals surface area contributed by atoms with Crippen LogP contribution in [0.4, 0.5) is 0 Å². The lowest BCUT2D eigenvalue weighted by atomic mass is 9.77. The zero-order chi connectivity index (χ0) is 17.0. The number of ether oxygens (including phenoxy) is 1. The molecule has 0 atom stereocenters. The van der Waals surface area contributed by atoms with E-state index in [9.17, 15) is 0 Å². The molecule has 0 radical (unpaired) electrons. The Morgan fingerprint density at radius 3 is 2.54 bits per heavy atom. The Morgan fingerprint density at radius 2 is 1.88 bits per heavy atom. The fourth-order valence-electron chi connectivity index (χ4n) is 3.52. The van der Waals surface area contributed by atoms with Gasteiger partial charge in [0.05, 0.1) is 18.2 Å². The van der Waals surface area contributed by atoms with Crippen molar-refractivity contribution < 1.29 is 4.74 Å². The van der Waals surface area contributed by atoms with E-state index in [2.05, 4.69) is 37.3 Å². The molecule has 1 fully saturated rings. The molecule has 0 spiro atoms. The first-order valence-corrected chi connectivity index (χ1v) is 9.56. The molecular weight excluding hydrogens is 294 g/mol. The number of nitrogens with zero attached hydrogens (tertiary/aromatic N) is 1. The maximum atomic E-state index is 8.88. The molecule has 2 heteroatoms. The maximum absolute atomic E-state index is 8.88.